The molecule has 0 heterocycles. The molecule has 1 amide bonds. The molecule has 0 aromatic heterocycles. The molecule has 3 unspecified atom stereocenters. The minimum absolute atomic E-state index is 0.0105. The minimum Gasteiger partial charge on any atom is -0.349 e. The predicted octanol–water partition coefficient (Wildman–Crippen LogP) is 2.82. The van der Waals surface area contributed by atoms with Crippen molar-refractivity contribution in [1.82, 2.24) is 10.0 Å². The lowest BCUT2D eigenvalue weighted by molar-refractivity contribution is -0.124. The molecule has 2 rings (SSSR count). The molecule has 2 N–H and O–H groups in total. The Hall–Kier alpha value is -1.40. The number of hydrogen-bond acceptors (Lipinski definition) is 3. The van der Waals surface area contributed by atoms with Crippen LogP contribution in [0.5, 0.6) is 0 Å². The second-order valence-electron chi connectivity index (χ2n) is 7.75. The van der Waals surface area contributed by atoms with Crippen LogP contribution in [0.15, 0.2) is 36.0 Å². The number of amides is 1. The lowest BCUT2D eigenvalue weighted by atomic mass is 9.92. The SMILES string of the molecule is CCC1=CCC(NC(=O)C2C=CC(NS(=O)(=O)C(C)(C)C)CC2)C=C1. The molecule has 0 aromatic carbocycles. The Labute approximate surface area is 151 Å². The Morgan fingerprint density at radius 2 is 1.88 bits per heavy atom. The van der Waals surface area contributed by atoms with Crippen LogP contribution in [-0.2, 0) is 14.8 Å². The van der Waals surface area contributed by atoms with Crippen LogP contribution in [0, 0.1) is 5.92 Å². The normalized spacial score (nSPS) is 27.0. The number of carbonyl (C=O) groups excluding carboxylic acids is 1. The summed E-state index contributed by atoms with van der Waals surface area (Å²) in [5.41, 5.74) is 1.30. The highest BCUT2D eigenvalue weighted by Gasteiger charge is 2.32. The van der Waals surface area contributed by atoms with E-state index < -0.39 is 14.8 Å². The number of allylic oxidation sites excluding steroid dienone is 2. The van der Waals surface area contributed by atoms with Crippen LogP contribution >= 0.6 is 0 Å². The van der Waals surface area contributed by atoms with Crippen LogP contribution in [0.25, 0.3) is 0 Å². The lowest BCUT2D eigenvalue weighted by Gasteiger charge is -2.28. The van der Waals surface area contributed by atoms with E-state index in [0.717, 1.165) is 12.8 Å². The van der Waals surface area contributed by atoms with Crippen molar-refractivity contribution in [2.75, 3.05) is 0 Å². The van der Waals surface area contributed by atoms with Gasteiger partial charge in [0.2, 0.25) is 15.9 Å². The molecular formula is C19H30N2O3S. The van der Waals surface area contributed by atoms with E-state index in [1.165, 1.54) is 5.57 Å². The molecule has 2 aliphatic carbocycles. The van der Waals surface area contributed by atoms with Gasteiger partial charge in [0.15, 0.2) is 0 Å². The molecule has 0 aliphatic heterocycles. The monoisotopic (exact) mass is 366 g/mol. The first-order valence-corrected chi connectivity index (χ1v) is 10.5. The average molecular weight is 367 g/mol. The van der Waals surface area contributed by atoms with Gasteiger partial charge in [0.1, 0.15) is 0 Å². The number of rotatable bonds is 5. The minimum atomic E-state index is -3.38. The van der Waals surface area contributed by atoms with Crippen LogP contribution < -0.4 is 10.0 Å². The van der Waals surface area contributed by atoms with Crippen LogP contribution in [0.2, 0.25) is 0 Å². The van der Waals surface area contributed by atoms with Crippen molar-refractivity contribution in [3.05, 3.63) is 36.0 Å². The number of nitrogens with one attached hydrogen (secondary N) is 2. The van der Waals surface area contributed by atoms with Gasteiger partial charge in [-0.15, -0.1) is 0 Å². The molecule has 0 aromatic rings. The van der Waals surface area contributed by atoms with Crippen LogP contribution in [0.4, 0.5) is 0 Å². The van der Waals surface area contributed by atoms with Crippen molar-refractivity contribution in [3.8, 4) is 0 Å². The van der Waals surface area contributed by atoms with Crippen molar-refractivity contribution in [1.29, 1.82) is 0 Å². The Kier molecular flexibility index (Phi) is 6.27. The lowest BCUT2D eigenvalue weighted by Crippen LogP contribution is -2.45. The van der Waals surface area contributed by atoms with Gasteiger partial charge >= 0.3 is 0 Å². The molecule has 0 fully saturated rings. The van der Waals surface area contributed by atoms with Crippen LogP contribution in [-0.4, -0.2) is 31.2 Å². The smallest absolute Gasteiger partial charge is 0.227 e. The summed E-state index contributed by atoms with van der Waals surface area (Å²) >= 11 is 0. The topological polar surface area (TPSA) is 75.3 Å². The van der Waals surface area contributed by atoms with E-state index in [1.54, 1.807) is 20.8 Å². The molecule has 3 atom stereocenters. The molecule has 0 radical (unpaired) electrons. The summed E-state index contributed by atoms with van der Waals surface area (Å²) in [7, 11) is -3.38. The van der Waals surface area contributed by atoms with Crippen molar-refractivity contribution < 1.29 is 13.2 Å². The van der Waals surface area contributed by atoms with Gasteiger partial charge in [-0.25, -0.2) is 13.1 Å². The first-order chi connectivity index (χ1) is 11.6. The van der Waals surface area contributed by atoms with E-state index in [4.69, 9.17) is 0 Å². The molecule has 0 saturated heterocycles. The Bertz CT molecular complexity index is 684. The van der Waals surface area contributed by atoms with Crippen molar-refractivity contribution >= 4 is 15.9 Å². The zero-order valence-electron chi connectivity index (χ0n) is 15.6. The fraction of sp³-hybridized carbons (Fsp3) is 0.632. The summed E-state index contributed by atoms with van der Waals surface area (Å²) in [6.45, 7) is 7.14. The molecular weight excluding hydrogens is 336 g/mol. The maximum Gasteiger partial charge on any atom is 0.227 e. The number of carbonyl (C=O) groups is 1. The third-order valence-electron chi connectivity index (χ3n) is 4.73. The zero-order valence-corrected chi connectivity index (χ0v) is 16.4. The van der Waals surface area contributed by atoms with Gasteiger partial charge < -0.3 is 5.32 Å². The van der Waals surface area contributed by atoms with Gasteiger partial charge in [-0.2, -0.15) is 0 Å². The van der Waals surface area contributed by atoms with Gasteiger partial charge in [0.05, 0.1) is 16.7 Å². The molecule has 0 spiro atoms. The molecule has 0 saturated carbocycles. The highest BCUT2D eigenvalue weighted by Crippen LogP contribution is 2.22. The molecule has 6 heteroatoms. The van der Waals surface area contributed by atoms with E-state index in [0.29, 0.717) is 12.8 Å². The second-order valence-corrected chi connectivity index (χ2v) is 10.2. The summed E-state index contributed by atoms with van der Waals surface area (Å²) in [6, 6.07) is -0.189. The Morgan fingerprint density at radius 1 is 1.16 bits per heavy atom. The van der Waals surface area contributed by atoms with E-state index in [9.17, 15) is 13.2 Å². The van der Waals surface area contributed by atoms with Crippen molar-refractivity contribution in [2.24, 2.45) is 5.92 Å². The molecule has 2 aliphatic rings. The Balaban J connectivity index is 1.87. The van der Waals surface area contributed by atoms with Gasteiger partial charge in [-0.05, 0) is 46.5 Å². The maximum absolute atomic E-state index is 12.4. The fourth-order valence-corrected chi connectivity index (χ4v) is 3.78. The van der Waals surface area contributed by atoms with Gasteiger partial charge in [0, 0.05) is 6.04 Å². The van der Waals surface area contributed by atoms with Crippen LogP contribution in [0.1, 0.15) is 53.4 Å². The highest BCUT2D eigenvalue weighted by atomic mass is 32.2. The van der Waals surface area contributed by atoms with E-state index in [1.807, 2.05) is 18.2 Å². The van der Waals surface area contributed by atoms with Gasteiger partial charge in [0.25, 0.3) is 0 Å². The largest absolute Gasteiger partial charge is 0.349 e. The zero-order chi connectivity index (χ0) is 18.7. The first kappa shape index (κ1) is 19.9. The number of hydrogen-bond donors (Lipinski definition) is 2. The van der Waals surface area contributed by atoms with E-state index in [2.05, 4.69) is 29.1 Å². The van der Waals surface area contributed by atoms with Gasteiger partial charge in [-0.3, -0.25) is 4.79 Å². The molecule has 25 heavy (non-hydrogen) atoms. The van der Waals surface area contributed by atoms with E-state index in [-0.39, 0.29) is 23.9 Å². The number of sulfonamides is 1. The molecule has 0 bridgehead atoms. The van der Waals surface area contributed by atoms with Gasteiger partial charge in [-0.1, -0.05) is 42.9 Å². The summed E-state index contributed by atoms with van der Waals surface area (Å²) in [5, 5.41) is 3.06. The maximum atomic E-state index is 12.4. The third-order valence-corrected chi connectivity index (χ3v) is 6.95. The summed E-state index contributed by atoms with van der Waals surface area (Å²) in [5.74, 6) is -0.184. The first-order valence-electron chi connectivity index (χ1n) is 9.00. The van der Waals surface area contributed by atoms with Crippen molar-refractivity contribution in [2.45, 2.75) is 70.2 Å². The summed E-state index contributed by atoms with van der Waals surface area (Å²) in [6.07, 6.45) is 13.0. The molecule has 140 valence electrons. The highest BCUT2D eigenvalue weighted by molar-refractivity contribution is 7.90. The second kappa shape index (κ2) is 7.87. The van der Waals surface area contributed by atoms with E-state index >= 15 is 0 Å². The third kappa shape index (κ3) is 5.28. The summed E-state index contributed by atoms with van der Waals surface area (Å²) in [4.78, 5) is 12.4. The predicted molar refractivity (Wildman–Crippen MR) is 102 cm³/mol. The fourth-order valence-electron chi connectivity index (χ4n) is 2.84. The quantitative estimate of drug-likeness (QED) is 0.735. The molecule has 5 nitrogen and oxygen atoms in total. The van der Waals surface area contributed by atoms with Crippen molar-refractivity contribution in [3.63, 3.8) is 0 Å². The average Bonchev–Trinajstić information content (AvgIpc) is 2.55. The van der Waals surface area contributed by atoms with Crippen LogP contribution in [0.3, 0.4) is 0 Å². The Morgan fingerprint density at radius 3 is 2.36 bits per heavy atom. The standard InChI is InChI=1S/C19H30N2O3S/c1-5-14-6-10-16(11-7-14)20-18(22)15-8-12-17(13-9-15)21-25(23,24)19(2,3)4/h6-8,10,12,15-17,21H,5,9,11,13H2,1-4H3,(H,20,22). The summed E-state index contributed by atoms with van der Waals surface area (Å²) < 4.78 is 26.3.